The Bertz CT molecular complexity index is 289. The van der Waals surface area contributed by atoms with E-state index in [2.05, 4.69) is 15.3 Å². The molecule has 0 fully saturated rings. The zero-order valence-corrected chi connectivity index (χ0v) is 8.86. The molecule has 0 atom stereocenters. The van der Waals surface area contributed by atoms with Gasteiger partial charge in [-0.15, -0.1) is 0 Å². The van der Waals surface area contributed by atoms with E-state index in [9.17, 15) is 0 Å². The van der Waals surface area contributed by atoms with E-state index in [1.54, 1.807) is 0 Å². The molecular weight excluding hydrogens is 176 g/mol. The van der Waals surface area contributed by atoms with Crippen LogP contribution in [0.5, 0.6) is 0 Å². The first kappa shape index (κ1) is 10.7. The van der Waals surface area contributed by atoms with Crippen LogP contribution >= 0.6 is 0 Å². The first-order valence-corrected chi connectivity index (χ1v) is 4.54. The van der Waals surface area contributed by atoms with E-state index < -0.39 is 0 Å². The second-order valence-electron chi connectivity index (χ2n) is 3.17. The Balaban J connectivity index is 2.64. The van der Waals surface area contributed by atoms with E-state index in [-0.39, 0.29) is 0 Å². The van der Waals surface area contributed by atoms with E-state index >= 15 is 0 Å². The number of rotatable bonds is 4. The number of anilines is 1. The Kier molecular flexibility index (Phi) is 4.07. The van der Waals surface area contributed by atoms with Crippen molar-refractivity contribution in [3.63, 3.8) is 0 Å². The lowest BCUT2D eigenvalue weighted by molar-refractivity contribution is 0.922. The molecule has 0 unspecified atom stereocenters. The second kappa shape index (κ2) is 5.34. The number of likely N-dealkylation sites (N-methyl/N-ethyl adjacent to an activating group) is 1. The number of hydrogen-bond acceptors (Lipinski definition) is 4. The summed E-state index contributed by atoms with van der Waals surface area (Å²) in [5, 5.41) is 3.03. The molecule has 0 aliphatic rings. The summed E-state index contributed by atoms with van der Waals surface area (Å²) in [6.45, 7) is 0.857. The van der Waals surface area contributed by atoms with Gasteiger partial charge in [0.25, 0.3) is 0 Å². The van der Waals surface area contributed by atoms with Crippen molar-refractivity contribution in [2.24, 2.45) is 0 Å². The van der Waals surface area contributed by atoms with Gasteiger partial charge in [0, 0.05) is 38.6 Å². The second-order valence-corrected chi connectivity index (χ2v) is 3.17. The highest BCUT2D eigenvalue weighted by Gasteiger charge is 1.96. The highest BCUT2D eigenvalue weighted by Crippen LogP contribution is 2.03. The van der Waals surface area contributed by atoms with Crippen LogP contribution in [0, 0.1) is 0 Å². The SMILES string of the molecule is CNCC=Cc1cnc(N(C)C)nc1. The lowest BCUT2D eigenvalue weighted by Crippen LogP contribution is -2.12. The maximum Gasteiger partial charge on any atom is 0.224 e. The van der Waals surface area contributed by atoms with Gasteiger partial charge in [0.1, 0.15) is 0 Å². The zero-order chi connectivity index (χ0) is 10.4. The molecular formula is C10H16N4. The van der Waals surface area contributed by atoms with Gasteiger partial charge in [0.05, 0.1) is 0 Å². The third-order valence-corrected chi connectivity index (χ3v) is 1.69. The van der Waals surface area contributed by atoms with Gasteiger partial charge in [-0.3, -0.25) is 0 Å². The maximum absolute atomic E-state index is 4.20. The molecule has 0 amide bonds. The summed E-state index contributed by atoms with van der Waals surface area (Å²) in [6, 6.07) is 0. The average molecular weight is 192 g/mol. The van der Waals surface area contributed by atoms with E-state index in [4.69, 9.17) is 0 Å². The molecule has 1 heterocycles. The lowest BCUT2D eigenvalue weighted by Gasteiger charge is -2.08. The van der Waals surface area contributed by atoms with E-state index in [0.717, 1.165) is 18.1 Å². The minimum atomic E-state index is 0.732. The molecule has 1 N–H and O–H groups in total. The summed E-state index contributed by atoms with van der Waals surface area (Å²) in [5.74, 6) is 0.732. The fourth-order valence-corrected chi connectivity index (χ4v) is 0.961. The van der Waals surface area contributed by atoms with Gasteiger partial charge in [-0.1, -0.05) is 12.2 Å². The Hall–Kier alpha value is -1.42. The minimum Gasteiger partial charge on any atom is -0.347 e. The van der Waals surface area contributed by atoms with Crippen molar-refractivity contribution in [2.45, 2.75) is 0 Å². The molecule has 0 aromatic carbocycles. The molecule has 76 valence electrons. The third kappa shape index (κ3) is 3.14. The Labute approximate surface area is 84.7 Å². The number of nitrogens with zero attached hydrogens (tertiary/aromatic N) is 3. The number of nitrogens with one attached hydrogen (secondary N) is 1. The highest BCUT2D eigenvalue weighted by atomic mass is 15.2. The van der Waals surface area contributed by atoms with Gasteiger partial charge >= 0.3 is 0 Å². The molecule has 0 spiro atoms. The Morgan fingerprint density at radius 1 is 1.36 bits per heavy atom. The van der Waals surface area contributed by atoms with Gasteiger partial charge in [-0.05, 0) is 7.05 Å². The van der Waals surface area contributed by atoms with Crippen LogP contribution in [-0.2, 0) is 0 Å². The van der Waals surface area contributed by atoms with Gasteiger partial charge in [-0.25, -0.2) is 9.97 Å². The number of hydrogen-bond donors (Lipinski definition) is 1. The summed E-state index contributed by atoms with van der Waals surface area (Å²) in [7, 11) is 5.76. The summed E-state index contributed by atoms with van der Waals surface area (Å²) in [5.41, 5.74) is 1.02. The van der Waals surface area contributed by atoms with Gasteiger partial charge in [-0.2, -0.15) is 0 Å². The van der Waals surface area contributed by atoms with E-state index in [1.807, 2.05) is 50.6 Å². The normalized spacial score (nSPS) is 10.8. The predicted octanol–water partition coefficient (Wildman–Crippen LogP) is 0.775. The molecule has 1 aromatic rings. The van der Waals surface area contributed by atoms with E-state index in [0.29, 0.717) is 0 Å². The van der Waals surface area contributed by atoms with Crippen molar-refractivity contribution < 1.29 is 0 Å². The molecule has 0 aliphatic heterocycles. The molecule has 14 heavy (non-hydrogen) atoms. The van der Waals surface area contributed by atoms with Crippen LogP contribution < -0.4 is 10.2 Å². The smallest absolute Gasteiger partial charge is 0.224 e. The standard InChI is InChI=1S/C10H16N4/c1-11-6-4-5-9-7-12-10(13-8-9)14(2)3/h4-5,7-8,11H,6H2,1-3H3. The minimum absolute atomic E-state index is 0.732. The van der Waals surface area contributed by atoms with Crippen LogP contribution in [-0.4, -0.2) is 37.7 Å². The largest absolute Gasteiger partial charge is 0.347 e. The zero-order valence-electron chi connectivity index (χ0n) is 8.86. The van der Waals surface area contributed by atoms with Crippen molar-refractivity contribution in [3.05, 3.63) is 24.0 Å². The Morgan fingerprint density at radius 2 is 2.00 bits per heavy atom. The van der Waals surface area contributed by atoms with Crippen LogP contribution in [0.1, 0.15) is 5.56 Å². The summed E-state index contributed by atoms with van der Waals surface area (Å²) in [6.07, 6.45) is 7.66. The number of aromatic nitrogens is 2. The third-order valence-electron chi connectivity index (χ3n) is 1.69. The van der Waals surface area contributed by atoms with Crippen molar-refractivity contribution in [1.29, 1.82) is 0 Å². The molecule has 4 nitrogen and oxygen atoms in total. The monoisotopic (exact) mass is 192 g/mol. The fourth-order valence-electron chi connectivity index (χ4n) is 0.961. The highest BCUT2D eigenvalue weighted by molar-refractivity contribution is 5.47. The molecule has 0 saturated heterocycles. The van der Waals surface area contributed by atoms with Crippen LogP contribution in [0.2, 0.25) is 0 Å². The van der Waals surface area contributed by atoms with Gasteiger partial charge < -0.3 is 10.2 Å². The first-order chi connectivity index (χ1) is 6.74. The van der Waals surface area contributed by atoms with Gasteiger partial charge in [0.15, 0.2) is 0 Å². The molecule has 0 radical (unpaired) electrons. The first-order valence-electron chi connectivity index (χ1n) is 4.54. The van der Waals surface area contributed by atoms with E-state index in [1.165, 1.54) is 0 Å². The van der Waals surface area contributed by atoms with Crippen LogP contribution in [0.15, 0.2) is 18.5 Å². The maximum atomic E-state index is 4.20. The van der Waals surface area contributed by atoms with Crippen molar-refractivity contribution >= 4 is 12.0 Å². The molecule has 0 aliphatic carbocycles. The van der Waals surface area contributed by atoms with Crippen LogP contribution in [0.25, 0.3) is 6.08 Å². The topological polar surface area (TPSA) is 41.1 Å². The van der Waals surface area contributed by atoms with Crippen molar-refractivity contribution in [1.82, 2.24) is 15.3 Å². The average Bonchev–Trinajstić information content (AvgIpc) is 2.19. The quantitative estimate of drug-likeness (QED) is 0.765. The summed E-state index contributed by atoms with van der Waals surface area (Å²) in [4.78, 5) is 10.3. The molecule has 0 bridgehead atoms. The van der Waals surface area contributed by atoms with Crippen LogP contribution in [0.4, 0.5) is 5.95 Å². The van der Waals surface area contributed by atoms with Crippen molar-refractivity contribution in [2.75, 3.05) is 32.6 Å². The van der Waals surface area contributed by atoms with Crippen LogP contribution in [0.3, 0.4) is 0 Å². The molecule has 0 saturated carbocycles. The summed E-state index contributed by atoms with van der Waals surface area (Å²) < 4.78 is 0. The molecule has 4 heteroatoms. The summed E-state index contributed by atoms with van der Waals surface area (Å²) >= 11 is 0. The van der Waals surface area contributed by atoms with Crippen molar-refractivity contribution in [3.8, 4) is 0 Å². The Morgan fingerprint density at radius 3 is 2.50 bits per heavy atom. The van der Waals surface area contributed by atoms with Gasteiger partial charge in [0.2, 0.25) is 5.95 Å². The molecule has 1 rings (SSSR count). The fraction of sp³-hybridized carbons (Fsp3) is 0.400. The molecule has 1 aromatic heterocycles. The predicted molar refractivity (Wildman–Crippen MR) is 59.3 cm³/mol. The lowest BCUT2D eigenvalue weighted by atomic mass is 10.3.